The maximum Gasteiger partial charge on any atom is 0.412 e. The van der Waals surface area contributed by atoms with E-state index < -0.39 is 16.0 Å². The summed E-state index contributed by atoms with van der Waals surface area (Å²) in [6.45, 7) is 1.37. The van der Waals surface area contributed by atoms with Gasteiger partial charge in [0.25, 0.3) is 0 Å². The highest BCUT2D eigenvalue weighted by Gasteiger charge is 2.43. The summed E-state index contributed by atoms with van der Waals surface area (Å²) >= 11 is 17.1. The summed E-state index contributed by atoms with van der Waals surface area (Å²) in [6, 6.07) is 13.5. The average molecular weight is 525 g/mol. The van der Waals surface area contributed by atoms with Crippen LogP contribution in [0.25, 0.3) is 0 Å². The maximum atomic E-state index is 12.7. The zero-order chi connectivity index (χ0) is 24.0. The molecule has 0 spiro atoms. The molecule has 2 amide bonds. The summed E-state index contributed by atoms with van der Waals surface area (Å²) in [5, 5.41) is 10.4. The topological polar surface area (TPSA) is 73.3 Å². The van der Waals surface area contributed by atoms with E-state index in [4.69, 9.17) is 39.5 Å². The second kappa shape index (κ2) is 9.02. The third-order valence-electron chi connectivity index (χ3n) is 6.86. The Bertz CT molecular complexity index is 1110. The van der Waals surface area contributed by atoms with Crippen molar-refractivity contribution in [3.05, 3.63) is 53.6 Å². The van der Waals surface area contributed by atoms with Gasteiger partial charge in [-0.25, -0.2) is 9.59 Å². The zero-order valence-corrected chi connectivity index (χ0v) is 20.6. The van der Waals surface area contributed by atoms with Crippen molar-refractivity contribution in [2.75, 3.05) is 36.0 Å². The van der Waals surface area contributed by atoms with Crippen LogP contribution in [0.5, 0.6) is 0 Å². The zero-order valence-electron chi connectivity index (χ0n) is 18.3. The minimum Gasteiger partial charge on any atom is -0.465 e. The molecule has 0 bridgehead atoms. The summed E-state index contributed by atoms with van der Waals surface area (Å²) in [7, 11) is 0. The van der Waals surface area contributed by atoms with E-state index in [0.29, 0.717) is 31.6 Å². The first-order valence-corrected chi connectivity index (χ1v) is 12.4. The van der Waals surface area contributed by atoms with Crippen molar-refractivity contribution >= 4 is 64.1 Å². The first-order chi connectivity index (χ1) is 16.2. The number of alkyl halides is 3. The number of piperidine rings is 1. The van der Waals surface area contributed by atoms with Crippen LogP contribution in [0, 0.1) is 5.92 Å². The predicted octanol–water partition coefficient (Wildman–Crippen LogP) is 6.14. The third kappa shape index (κ3) is 4.25. The number of benzene rings is 2. The Labute approximate surface area is 212 Å². The average Bonchev–Trinajstić information content (AvgIpc) is 3.19. The largest absolute Gasteiger partial charge is 0.465 e. The molecule has 1 atom stereocenters. The summed E-state index contributed by atoms with van der Waals surface area (Å²) in [4.78, 5) is 30.5. The molecule has 1 fully saturated rings. The molecule has 180 valence electrons. The van der Waals surface area contributed by atoms with Crippen LogP contribution < -0.4 is 9.80 Å². The molecule has 1 unspecified atom stereocenters. The van der Waals surface area contributed by atoms with Gasteiger partial charge in [0, 0.05) is 25.3 Å². The van der Waals surface area contributed by atoms with Gasteiger partial charge >= 0.3 is 12.2 Å². The molecule has 7 nitrogen and oxygen atoms in total. The van der Waals surface area contributed by atoms with Crippen LogP contribution >= 0.6 is 34.8 Å². The Balaban J connectivity index is 1.47. The van der Waals surface area contributed by atoms with Crippen molar-refractivity contribution in [3.8, 4) is 0 Å². The summed E-state index contributed by atoms with van der Waals surface area (Å²) < 4.78 is 3.46. The summed E-state index contributed by atoms with van der Waals surface area (Å²) in [5.41, 5.74) is 4.97. The van der Waals surface area contributed by atoms with Gasteiger partial charge in [0.15, 0.2) is 0 Å². The fourth-order valence-corrected chi connectivity index (χ4v) is 5.63. The standard InChI is InChI=1S/C24H24Cl3N3O4/c25-24(26,27)14-34-23(33)28-11-8-16(9-12-28)21-17-5-3-4-15-10-13-29(20(15)17)18-6-1-2-7-19(18)30(21)22(31)32/h1-7,16,21H,8-14H2,(H,31,32). The van der Waals surface area contributed by atoms with Crippen LogP contribution in [-0.2, 0) is 11.2 Å². The monoisotopic (exact) mass is 523 g/mol. The highest BCUT2D eigenvalue weighted by Crippen LogP contribution is 2.52. The number of carboxylic acid groups (broad SMARTS) is 1. The van der Waals surface area contributed by atoms with Gasteiger partial charge in [0.1, 0.15) is 6.61 Å². The van der Waals surface area contributed by atoms with Gasteiger partial charge in [-0.1, -0.05) is 65.1 Å². The van der Waals surface area contributed by atoms with Gasteiger partial charge in [-0.3, -0.25) is 4.90 Å². The number of hydrogen-bond acceptors (Lipinski definition) is 4. The molecule has 1 N–H and O–H groups in total. The van der Waals surface area contributed by atoms with Crippen LogP contribution in [0.2, 0.25) is 0 Å². The summed E-state index contributed by atoms with van der Waals surface area (Å²) in [5.74, 6) is 0.0217. The quantitative estimate of drug-likeness (QED) is 0.478. The molecule has 2 aromatic rings. The number of carbonyl (C=O) groups is 2. The molecule has 10 heteroatoms. The van der Waals surface area contributed by atoms with E-state index in [0.717, 1.165) is 29.9 Å². The molecule has 0 saturated carbocycles. The van der Waals surface area contributed by atoms with Crippen LogP contribution in [0.3, 0.4) is 0 Å². The van der Waals surface area contributed by atoms with Crippen LogP contribution in [0.4, 0.5) is 26.7 Å². The van der Waals surface area contributed by atoms with Crippen molar-refractivity contribution in [1.29, 1.82) is 0 Å². The number of hydrogen-bond donors (Lipinski definition) is 1. The molecule has 1 saturated heterocycles. The third-order valence-corrected chi connectivity index (χ3v) is 7.19. The summed E-state index contributed by atoms with van der Waals surface area (Å²) in [6.07, 6.45) is 0.662. The van der Waals surface area contributed by atoms with Gasteiger partial charge in [-0.2, -0.15) is 0 Å². The van der Waals surface area contributed by atoms with Crippen molar-refractivity contribution in [2.45, 2.75) is 29.1 Å². The molecular formula is C24H24Cl3N3O4. The van der Waals surface area contributed by atoms with Gasteiger partial charge in [-0.15, -0.1) is 0 Å². The van der Waals surface area contributed by atoms with E-state index in [1.54, 1.807) is 4.90 Å². The maximum absolute atomic E-state index is 12.7. The van der Waals surface area contributed by atoms with E-state index in [-0.39, 0.29) is 18.6 Å². The van der Waals surface area contributed by atoms with Crippen molar-refractivity contribution in [1.82, 2.24) is 4.90 Å². The van der Waals surface area contributed by atoms with Gasteiger partial charge in [-0.05, 0) is 48.4 Å². The van der Waals surface area contributed by atoms with E-state index in [1.165, 1.54) is 10.5 Å². The molecule has 3 heterocycles. The SMILES string of the molecule is O=C(OCC(Cl)(Cl)Cl)N1CCC(C2c3cccc4c3N(CC4)c3ccccc3N2C(=O)O)CC1. The normalized spacial score (nSPS) is 20.0. The van der Waals surface area contributed by atoms with Crippen molar-refractivity contribution < 1.29 is 19.4 Å². The van der Waals surface area contributed by atoms with Gasteiger partial charge < -0.3 is 19.6 Å². The molecule has 0 aromatic heterocycles. The molecule has 34 heavy (non-hydrogen) atoms. The molecule has 3 aliphatic heterocycles. The smallest absolute Gasteiger partial charge is 0.412 e. The number of rotatable bonds is 2. The lowest BCUT2D eigenvalue weighted by atomic mass is 9.83. The first-order valence-electron chi connectivity index (χ1n) is 11.2. The number of fused-ring (bicyclic) bond motifs is 2. The number of para-hydroxylation sites is 3. The number of likely N-dealkylation sites (tertiary alicyclic amines) is 1. The Kier molecular flexibility index (Phi) is 6.21. The number of halogens is 3. The lowest BCUT2D eigenvalue weighted by Gasteiger charge is -2.40. The number of amides is 2. The number of nitrogens with zero attached hydrogens (tertiary/aromatic N) is 3. The van der Waals surface area contributed by atoms with Gasteiger partial charge in [0.2, 0.25) is 3.79 Å². The predicted molar refractivity (Wildman–Crippen MR) is 133 cm³/mol. The Morgan fingerprint density at radius 1 is 1.00 bits per heavy atom. The lowest BCUT2D eigenvalue weighted by molar-refractivity contribution is 0.0857. The molecule has 0 aliphatic carbocycles. The molecule has 5 rings (SSSR count). The number of ether oxygens (including phenoxy) is 1. The highest BCUT2D eigenvalue weighted by molar-refractivity contribution is 6.67. The minimum atomic E-state index is -1.66. The molecule has 3 aliphatic rings. The molecular weight excluding hydrogens is 501 g/mol. The Hall–Kier alpha value is -2.35. The number of anilines is 3. The molecule has 0 radical (unpaired) electrons. The van der Waals surface area contributed by atoms with E-state index in [9.17, 15) is 14.7 Å². The van der Waals surface area contributed by atoms with E-state index >= 15 is 0 Å². The molecule has 2 aromatic carbocycles. The number of carbonyl (C=O) groups excluding carboxylic acids is 1. The second-order valence-corrected chi connectivity index (χ2v) is 11.4. The van der Waals surface area contributed by atoms with Crippen LogP contribution in [-0.4, -0.2) is 52.2 Å². The van der Waals surface area contributed by atoms with Crippen molar-refractivity contribution in [2.24, 2.45) is 5.92 Å². The fraction of sp³-hybridized carbons (Fsp3) is 0.417. The van der Waals surface area contributed by atoms with Crippen molar-refractivity contribution in [3.63, 3.8) is 0 Å². The minimum absolute atomic E-state index is 0.0217. The van der Waals surface area contributed by atoms with Crippen LogP contribution in [0.15, 0.2) is 42.5 Å². The first kappa shape index (κ1) is 23.4. The Morgan fingerprint density at radius 3 is 2.38 bits per heavy atom. The second-order valence-electron chi connectivity index (χ2n) is 8.84. The van der Waals surface area contributed by atoms with E-state index in [2.05, 4.69) is 11.0 Å². The van der Waals surface area contributed by atoms with Crippen LogP contribution in [0.1, 0.15) is 30.0 Å². The fourth-order valence-electron chi connectivity index (χ4n) is 5.47. The highest BCUT2D eigenvalue weighted by atomic mass is 35.6. The lowest BCUT2D eigenvalue weighted by Crippen LogP contribution is -2.45. The Morgan fingerprint density at radius 2 is 1.71 bits per heavy atom. The van der Waals surface area contributed by atoms with Gasteiger partial charge in [0.05, 0.1) is 17.4 Å². The van der Waals surface area contributed by atoms with E-state index in [1.807, 2.05) is 36.4 Å².